The summed E-state index contributed by atoms with van der Waals surface area (Å²) in [6.07, 6.45) is 3.45. The van der Waals surface area contributed by atoms with E-state index >= 15 is 0 Å². The van der Waals surface area contributed by atoms with E-state index in [1.807, 2.05) is 0 Å². The summed E-state index contributed by atoms with van der Waals surface area (Å²) in [5, 5.41) is 3.11. The van der Waals surface area contributed by atoms with E-state index in [4.69, 9.17) is 4.42 Å². The monoisotopic (exact) mass is 649 g/mol. The number of fused-ring (bicyclic) bond motifs is 2. The molecule has 240 valence electrons. The number of nitrogens with one attached hydrogen (secondary N) is 1. The highest BCUT2D eigenvalue weighted by atomic mass is 32.2. The Hall–Kier alpha value is -3.33. The molecule has 1 aromatic rings. The second kappa shape index (κ2) is 13.3. The van der Waals surface area contributed by atoms with Crippen LogP contribution in [0.5, 0.6) is 0 Å². The first kappa shape index (κ1) is 33.6. The Morgan fingerprint density at radius 3 is 2.32 bits per heavy atom. The molecule has 0 spiro atoms. The van der Waals surface area contributed by atoms with Crippen LogP contribution in [0.2, 0.25) is 0 Å². The maximum absolute atomic E-state index is 13.9. The first-order chi connectivity index (χ1) is 20.7. The number of ketones is 1. The minimum absolute atomic E-state index is 0.0303. The molecule has 1 saturated carbocycles. The number of hydrogen-bond acceptors (Lipinski definition) is 9. The van der Waals surface area contributed by atoms with Crippen molar-refractivity contribution in [2.75, 3.05) is 32.0 Å². The van der Waals surface area contributed by atoms with Gasteiger partial charge in [-0.3, -0.25) is 18.9 Å². The van der Waals surface area contributed by atoms with E-state index in [1.54, 1.807) is 37.9 Å². The van der Waals surface area contributed by atoms with Gasteiger partial charge in [0.25, 0.3) is 20.2 Å². The summed E-state index contributed by atoms with van der Waals surface area (Å²) in [5.74, 6) is -1.48. The third-order valence-corrected chi connectivity index (χ3v) is 9.88. The Morgan fingerprint density at radius 2 is 1.70 bits per heavy atom. The van der Waals surface area contributed by atoms with Crippen LogP contribution in [0.3, 0.4) is 0 Å². The minimum atomic E-state index is -4.95. The van der Waals surface area contributed by atoms with Crippen molar-refractivity contribution in [3.8, 4) is 11.3 Å². The molecule has 12 nitrogen and oxygen atoms in total. The minimum Gasteiger partial charge on any atom is -0.453 e. The van der Waals surface area contributed by atoms with E-state index < -0.39 is 41.9 Å². The molecule has 2 unspecified atom stereocenters. The van der Waals surface area contributed by atoms with Crippen LogP contribution < -0.4 is 10.7 Å². The van der Waals surface area contributed by atoms with E-state index in [0.29, 0.717) is 44.3 Å². The zero-order chi connectivity index (χ0) is 32.4. The van der Waals surface area contributed by atoms with Crippen molar-refractivity contribution in [1.82, 2.24) is 4.90 Å². The lowest BCUT2D eigenvalue weighted by Gasteiger charge is -2.35. The molecule has 0 aromatic heterocycles. The van der Waals surface area contributed by atoms with Gasteiger partial charge >= 0.3 is 0 Å². The van der Waals surface area contributed by atoms with E-state index in [-0.39, 0.29) is 51.6 Å². The summed E-state index contributed by atoms with van der Waals surface area (Å²) in [6, 6.07) is 6.18. The Labute approximate surface area is 257 Å². The molecule has 3 N–H and O–H groups in total. The SMILES string of the molecule is CCN=c1ccc2c(C3CCCCC3C(=O)N(C)CCCC(C)=O)c3ccc(NCC)c(S(=O)(=O)O)c3oc-2c1S(=O)(=O)O. The molecule has 4 rings (SSSR count). The average molecular weight is 650 g/mol. The van der Waals surface area contributed by atoms with Crippen LogP contribution in [-0.2, 0) is 29.8 Å². The Bertz CT molecular complexity index is 1830. The van der Waals surface area contributed by atoms with Crippen LogP contribution >= 0.6 is 0 Å². The molecule has 2 atom stereocenters. The molecule has 44 heavy (non-hydrogen) atoms. The third-order valence-electron chi connectivity index (χ3n) is 8.05. The molecule has 1 heterocycles. The zero-order valence-electron chi connectivity index (χ0n) is 25.3. The molecular formula is C30H39N3O9S2. The van der Waals surface area contributed by atoms with Crippen LogP contribution in [0, 0.1) is 5.92 Å². The summed E-state index contributed by atoms with van der Waals surface area (Å²) in [6.45, 7) is 5.79. The van der Waals surface area contributed by atoms with Gasteiger partial charge in [0.1, 0.15) is 5.78 Å². The lowest BCUT2D eigenvalue weighted by Crippen LogP contribution is -2.38. The average Bonchev–Trinajstić information content (AvgIpc) is 2.94. The summed E-state index contributed by atoms with van der Waals surface area (Å²) in [4.78, 5) is 29.9. The molecule has 0 saturated heterocycles. The lowest BCUT2D eigenvalue weighted by atomic mass is 9.72. The standard InChI is InChI=1S/C30H39N3O9S2/c1-5-31-23-15-13-21-25(19-11-7-8-12-20(19)30(35)33(4)17-9-10-18(3)34)22-14-16-24(32-6-2)29(44(39,40)41)27(22)42-26(21)28(23)43(36,37)38/h13-16,19-20,31H,5-12,17H2,1-4H3,(H,36,37,38)(H,39,40,41). The molecule has 3 aliphatic rings. The second-order valence-electron chi connectivity index (χ2n) is 11.1. The van der Waals surface area contributed by atoms with Crippen LogP contribution in [0.4, 0.5) is 5.69 Å². The Morgan fingerprint density at radius 1 is 1.02 bits per heavy atom. The van der Waals surface area contributed by atoms with E-state index in [1.165, 1.54) is 19.1 Å². The van der Waals surface area contributed by atoms with Crippen molar-refractivity contribution in [3.63, 3.8) is 0 Å². The van der Waals surface area contributed by atoms with Gasteiger partial charge in [-0.2, -0.15) is 16.8 Å². The van der Waals surface area contributed by atoms with Gasteiger partial charge < -0.3 is 19.4 Å². The molecule has 1 fully saturated rings. The van der Waals surface area contributed by atoms with Crippen molar-refractivity contribution in [2.24, 2.45) is 10.9 Å². The number of rotatable bonds is 11. The van der Waals surface area contributed by atoms with Gasteiger partial charge in [0.05, 0.1) is 11.0 Å². The molecule has 1 aliphatic heterocycles. The van der Waals surface area contributed by atoms with E-state index in [0.717, 1.165) is 12.8 Å². The topological polar surface area (TPSA) is 184 Å². The highest BCUT2D eigenvalue weighted by Gasteiger charge is 2.39. The van der Waals surface area contributed by atoms with Gasteiger partial charge in [-0.15, -0.1) is 0 Å². The smallest absolute Gasteiger partial charge is 0.300 e. The van der Waals surface area contributed by atoms with Gasteiger partial charge in [0, 0.05) is 50.0 Å². The van der Waals surface area contributed by atoms with Crippen LogP contribution in [0.25, 0.3) is 22.3 Å². The molecule has 1 amide bonds. The molecule has 0 bridgehead atoms. The molecule has 14 heteroatoms. The fourth-order valence-electron chi connectivity index (χ4n) is 6.25. The first-order valence-corrected chi connectivity index (χ1v) is 17.6. The van der Waals surface area contributed by atoms with Gasteiger partial charge in [-0.25, -0.2) is 0 Å². The summed E-state index contributed by atoms with van der Waals surface area (Å²) >= 11 is 0. The summed E-state index contributed by atoms with van der Waals surface area (Å²) in [7, 11) is -8.19. The van der Waals surface area contributed by atoms with Crippen molar-refractivity contribution in [2.45, 2.75) is 75.0 Å². The lowest BCUT2D eigenvalue weighted by molar-refractivity contribution is -0.136. The first-order valence-electron chi connectivity index (χ1n) is 14.7. The zero-order valence-corrected chi connectivity index (χ0v) is 26.9. The Balaban J connectivity index is 2.10. The van der Waals surface area contributed by atoms with E-state index in [9.17, 15) is 35.5 Å². The fourth-order valence-corrected chi connectivity index (χ4v) is 7.84. The quantitative estimate of drug-likeness (QED) is 0.198. The molecule has 2 aliphatic carbocycles. The van der Waals surface area contributed by atoms with Crippen molar-refractivity contribution in [1.29, 1.82) is 0 Å². The van der Waals surface area contributed by atoms with Crippen LogP contribution in [-0.4, -0.2) is 69.2 Å². The van der Waals surface area contributed by atoms with Gasteiger partial charge in [-0.05, 0) is 75.8 Å². The maximum atomic E-state index is 13.9. The number of amides is 1. The highest BCUT2D eigenvalue weighted by Crippen LogP contribution is 2.49. The van der Waals surface area contributed by atoms with Crippen molar-refractivity contribution >= 4 is 48.6 Å². The number of hydrogen-bond donors (Lipinski definition) is 3. The van der Waals surface area contributed by atoms with Gasteiger partial charge in [-0.1, -0.05) is 12.8 Å². The van der Waals surface area contributed by atoms with Crippen molar-refractivity contribution in [3.05, 3.63) is 35.2 Å². The maximum Gasteiger partial charge on any atom is 0.300 e. The van der Waals surface area contributed by atoms with Crippen LogP contribution in [0.15, 0.2) is 43.5 Å². The fraction of sp³-hybridized carbons (Fsp3) is 0.500. The highest BCUT2D eigenvalue weighted by molar-refractivity contribution is 7.86. The number of carbonyl (C=O) groups excluding carboxylic acids is 2. The summed E-state index contributed by atoms with van der Waals surface area (Å²) in [5.41, 5.74) is 0.498. The third kappa shape index (κ3) is 6.82. The summed E-state index contributed by atoms with van der Waals surface area (Å²) < 4.78 is 78.0. The number of nitrogens with zero attached hydrogens (tertiary/aromatic N) is 2. The predicted octanol–water partition coefficient (Wildman–Crippen LogP) is 4.48. The van der Waals surface area contributed by atoms with E-state index in [2.05, 4.69) is 10.3 Å². The number of anilines is 1. The number of benzene rings is 2. The Kier molecular flexibility index (Phi) is 10.2. The molecule has 1 aromatic carbocycles. The predicted molar refractivity (Wildman–Crippen MR) is 165 cm³/mol. The number of carbonyl (C=O) groups is 2. The second-order valence-corrected chi connectivity index (χ2v) is 13.9. The van der Waals surface area contributed by atoms with Gasteiger partial charge in [0.2, 0.25) is 5.91 Å². The number of Topliss-reactive ketones (excluding diaryl/α,β-unsaturated/α-hetero) is 1. The van der Waals surface area contributed by atoms with Crippen molar-refractivity contribution < 1.29 is 39.9 Å². The molecular weight excluding hydrogens is 610 g/mol. The normalized spacial score (nSPS) is 18.1. The molecule has 0 radical (unpaired) electrons. The largest absolute Gasteiger partial charge is 0.453 e. The van der Waals surface area contributed by atoms with Crippen LogP contribution in [0.1, 0.15) is 70.8 Å². The van der Waals surface area contributed by atoms with Gasteiger partial charge in [0.15, 0.2) is 21.1 Å².